The van der Waals surface area contributed by atoms with E-state index < -0.39 is 104 Å². The largest absolute Gasteiger partial charge is 0.445 e. The summed E-state index contributed by atoms with van der Waals surface area (Å²) in [7, 11) is 0. The zero-order valence-electron chi connectivity index (χ0n) is 39.0. The molecule has 15 atom stereocenters. The van der Waals surface area contributed by atoms with Crippen LogP contribution in [-0.4, -0.2) is 120 Å². The van der Waals surface area contributed by atoms with Gasteiger partial charge >= 0.3 is 12.2 Å². The number of nitrogens with zero attached hydrogens (tertiary/aromatic N) is 3. The molecule has 370 valence electrons. The van der Waals surface area contributed by atoms with Crippen molar-refractivity contribution in [2.24, 2.45) is 22.9 Å². The van der Waals surface area contributed by atoms with Gasteiger partial charge in [0.15, 0.2) is 12.6 Å². The molecule has 3 aromatic rings. The van der Waals surface area contributed by atoms with E-state index in [2.05, 4.69) is 26.0 Å². The lowest BCUT2D eigenvalue weighted by Crippen LogP contribution is -2.74. The summed E-state index contributed by atoms with van der Waals surface area (Å²) in [5, 5.41) is 46.6. The SMILES string of the molecule is CCC[C@H](C)C(=O)N[C@@H]1C(OCc2ccccc2)[C@H](NC(=O)OCc2ccccc2)C(O[C@H]2OC(CNC(=O)OCc3ccccc3)CCC2C)C(O)[C@H]1O[C@H]1OC(CO)[C@H](O)[C@H](N=[N+]=[N-])C1C. The van der Waals surface area contributed by atoms with Gasteiger partial charge in [-0.1, -0.05) is 130 Å². The number of hydrogen-bond donors (Lipinski definition) is 6. The van der Waals surface area contributed by atoms with Crippen LogP contribution in [0.3, 0.4) is 0 Å². The first kappa shape index (κ1) is 52.0. The van der Waals surface area contributed by atoms with Gasteiger partial charge in [0.2, 0.25) is 5.91 Å². The molecule has 3 amide bonds. The smallest absolute Gasteiger partial charge is 0.407 e. The fourth-order valence-corrected chi connectivity index (χ4v) is 8.80. The molecular formula is C49H66N6O13. The number of ether oxygens (including phenoxy) is 7. The van der Waals surface area contributed by atoms with Gasteiger partial charge in [-0.25, -0.2) is 9.59 Å². The average Bonchev–Trinajstić information content (AvgIpc) is 3.35. The Morgan fingerprint density at radius 2 is 1.32 bits per heavy atom. The fraction of sp³-hybridized carbons (Fsp3) is 0.571. The first-order valence-electron chi connectivity index (χ1n) is 23.4. The third kappa shape index (κ3) is 14.1. The van der Waals surface area contributed by atoms with Gasteiger partial charge in [-0.3, -0.25) is 4.79 Å². The zero-order valence-corrected chi connectivity index (χ0v) is 39.0. The second-order valence-corrected chi connectivity index (χ2v) is 17.8. The molecule has 68 heavy (non-hydrogen) atoms. The van der Waals surface area contributed by atoms with E-state index in [1.54, 1.807) is 26.0 Å². The number of benzene rings is 3. The first-order valence-corrected chi connectivity index (χ1v) is 23.4. The number of nitrogens with one attached hydrogen (secondary N) is 3. The van der Waals surface area contributed by atoms with Crippen LogP contribution < -0.4 is 16.0 Å². The maximum absolute atomic E-state index is 14.1. The van der Waals surface area contributed by atoms with E-state index in [1.165, 1.54) is 0 Å². The molecule has 19 heteroatoms. The van der Waals surface area contributed by atoms with E-state index in [1.807, 2.05) is 92.7 Å². The molecule has 2 heterocycles. The van der Waals surface area contributed by atoms with E-state index in [4.69, 9.17) is 33.2 Å². The predicted molar refractivity (Wildman–Crippen MR) is 246 cm³/mol. The highest BCUT2D eigenvalue weighted by Crippen LogP contribution is 2.37. The van der Waals surface area contributed by atoms with Gasteiger partial charge in [-0.15, -0.1) is 0 Å². The lowest BCUT2D eigenvalue weighted by atomic mass is 9.80. The Hall–Kier alpha value is -5.34. The number of alkyl carbamates (subject to hydrolysis) is 2. The molecule has 0 bridgehead atoms. The van der Waals surface area contributed by atoms with Crippen LogP contribution in [0.5, 0.6) is 0 Å². The monoisotopic (exact) mass is 946 g/mol. The summed E-state index contributed by atoms with van der Waals surface area (Å²) in [6.07, 6.45) is -10.3. The lowest BCUT2D eigenvalue weighted by Gasteiger charge is -2.52. The van der Waals surface area contributed by atoms with Gasteiger partial charge in [0.05, 0.1) is 43.5 Å². The Bertz CT molecular complexity index is 2070. The van der Waals surface area contributed by atoms with Crippen molar-refractivity contribution in [2.45, 2.75) is 147 Å². The van der Waals surface area contributed by atoms with E-state index in [0.717, 1.165) is 16.7 Å². The number of carbonyl (C=O) groups excluding carboxylic acids is 3. The summed E-state index contributed by atoms with van der Waals surface area (Å²) >= 11 is 0. The van der Waals surface area contributed by atoms with Crippen molar-refractivity contribution in [3.63, 3.8) is 0 Å². The molecule has 0 spiro atoms. The van der Waals surface area contributed by atoms with E-state index in [0.29, 0.717) is 25.7 Å². The summed E-state index contributed by atoms with van der Waals surface area (Å²) in [4.78, 5) is 43.8. The molecular weight excluding hydrogens is 881 g/mol. The standard InChI is InChI=1S/C49H66N6O13/c1-5-15-29(2)45(59)52-38-42(62-26-32-16-9-6-10-17-32)39(53-49(61)64-28-34-20-13-8-14-21-34)44(41(58)43(38)68-47-31(4)37(54-55-50)40(57)36(25-56)66-47)67-46-30(3)22-23-35(65-46)24-51-48(60)63-27-33-18-11-7-12-19-33/h6-14,16-21,29-31,35-44,46-47,56-58H,5,15,22-28H2,1-4H3,(H,51,60)(H,52,59)(H,53,61)/t29-,30?,31?,35?,36?,37+,38+,39-,40-,41?,42?,43-,44?,46+,47+/m0/s1. The van der Waals surface area contributed by atoms with E-state index >= 15 is 0 Å². The third-order valence-corrected chi connectivity index (χ3v) is 12.7. The van der Waals surface area contributed by atoms with Crippen LogP contribution in [0.15, 0.2) is 96.1 Å². The number of amides is 3. The van der Waals surface area contributed by atoms with Crippen molar-refractivity contribution in [3.8, 4) is 0 Å². The number of aliphatic hydroxyl groups is 3. The minimum absolute atomic E-state index is 0.0202. The van der Waals surface area contributed by atoms with Crippen LogP contribution in [0.1, 0.15) is 70.1 Å². The highest BCUT2D eigenvalue weighted by Gasteiger charge is 2.57. The summed E-state index contributed by atoms with van der Waals surface area (Å²) in [5.41, 5.74) is 11.8. The number of carbonyl (C=O) groups is 3. The lowest BCUT2D eigenvalue weighted by molar-refractivity contribution is -0.315. The molecule has 6 rings (SSSR count). The Morgan fingerprint density at radius 3 is 1.90 bits per heavy atom. The van der Waals surface area contributed by atoms with Gasteiger partial charge in [0.25, 0.3) is 0 Å². The molecule has 1 aliphatic carbocycles. The van der Waals surface area contributed by atoms with Crippen LogP contribution >= 0.6 is 0 Å². The molecule has 6 N–H and O–H groups in total. The van der Waals surface area contributed by atoms with Crippen LogP contribution in [0.25, 0.3) is 10.4 Å². The van der Waals surface area contributed by atoms with Gasteiger partial charge in [-0.05, 0) is 41.5 Å². The Labute approximate surface area is 396 Å². The van der Waals surface area contributed by atoms with Crippen molar-refractivity contribution in [1.29, 1.82) is 0 Å². The quantitative estimate of drug-likeness (QED) is 0.0472. The summed E-state index contributed by atoms with van der Waals surface area (Å²) in [5.74, 6) is -1.98. The van der Waals surface area contributed by atoms with Crippen LogP contribution in [-0.2, 0) is 57.8 Å². The number of rotatable bonds is 20. The van der Waals surface area contributed by atoms with Gasteiger partial charge < -0.3 is 64.4 Å². The molecule has 1 saturated carbocycles. The number of azide groups is 1. The van der Waals surface area contributed by atoms with Gasteiger partial charge in [0, 0.05) is 29.2 Å². The molecule has 0 radical (unpaired) electrons. The molecule has 0 aromatic heterocycles. The summed E-state index contributed by atoms with van der Waals surface area (Å²) in [6, 6.07) is 24.0. The molecule has 3 aliphatic rings. The van der Waals surface area contributed by atoms with E-state index in [9.17, 15) is 35.2 Å². The number of hydrogen-bond acceptors (Lipinski definition) is 14. The second-order valence-electron chi connectivity index (χ2n) is 17.8. The highest BCUT2D eigenvalue weighted by molar-refractivity contribution is 5.78. The molecule has 7 unspecified atom stereocenters. The maximum atomic E-state index is 14.1. The second kappa shape index (κ2) is 25.9. The minimum Gasteiger partial charge on any atom is -0.445 e. The minimum atomic E-state index is -1.69. The molecule has 3 fully saturated rings. The van der Waals surface area contributed by atoms with Crippen LogP contribution in [0.2, 0.25) is 0 Å². The maximum Gasteiger partial charge on any atom is 0.407 e. The first-order chi connectivity index (χ1) is 32.9. The van der Waals surface area contributed by atoms with Crippen LogP contribution in [0, 0.1) is 17.8 Å². The van der Waals surface area contributed by atoms with Crippen molar-refractivity contribution in [3.05, 3.63) is 118 Å². The van der Waals surface area contributed by atoms with Gasteiger partial charge in [-0.2, -0.15) is 0 Å². The van der Waals surface area contributed by atoms with Crippen molar-refractivity contribution < 1.29 is 62.9 Å². The summed E-state index contributed by atoms with van der Waals surface area (Å²) in [6.45, 7) is 6.67. The Kier molecular flexibility index (Phi) is 19.8. The summed E-state index contributed by atoms with van der Waals surface area (Å²) < 4.78 is 44.0. The molecule has 2 saturated heterocycles. The third-order valence-electron chi connectivity index (χ3n) is 12.7. The van der Waals surface area contributed by atoms with Crippen molar-refractivity contribution in [2.75, 3.05) is 13.2 Å². The normalized spacial score (nSPS) is 30.8. The zero-order chi connectivity index (χ0) is 48.6. The van der Waals surface area contributed by atoms with Crippen LogP contribution in [0.4, 0.5) is 9.59 Å². The fourth-order valence-electron chi connectivity index (χ4n) is 8.80. The Morgan fingerprint density at radius 1 is 0.765 bits per heavy atom. The predicted octanol–water partition coefficient (Wildman–Crippen LogP) is 5.39. The Balaban J connectivity index is 1.35. The topological polar surface area (TPSA) is 261 Å². The van der Waals surface area contributed by atoms with E-state index in [-0.39, 0.29) is 38.2 Å². The molecule has 3 aromatic carbocycles. The van der Waals surface area contributed by atoms with Gasteiger partial charge in [0.1, 0.15) is 43.7 Å². The highest BCUT2D eigenvalue weighted by atomic mass is 16.7. The van der Waals surface area contributed by atoms with Crippen molar-refractivity contribution in [1.82, 2.24) is 16.0 Å². The molecule has 2 aliphatic heterocycles. The van der Waals surface area contributed by atoms with Crippen molar-refractivity contribution >= 4 is 18.1 Å². The molecule has 19 nitrogen and oxygen atoms in total. The number of aliphatic hydroxyl groups excluding tert-OH is 3. The average molecular weight is 947 g/mol.